The average Bonchev–Trinajstić information content (AvgIpc) is 2.67. The van der Waals surface area contributed by atoms with Gasteiger partial charge in [-0.15, -0.1) is 0 Å². The quantitative estimate of drug-likeness (QED) is 0.661. The molecule has 0 saturated heterocycles. The largest absolute Gasteiger partial charge is 0.399 e. The van der Waals surface area contributed by atoms with E-state index in [2.05, 4.69) is 10.3 Å². The van der Waals surface area contributed by atoms with Crippen molar-refractivity contribution in [1.29, 1.82) is 0 Å². The van der Waals surface area contributed by atoms with E-state index in [0.717, 1.165) is 11.3 Å². The average molecular weight is 245 g/mol. The number of oxime groups is 1. The molecule has 0 aliphatic rings. The van der Waals surface area contributed by atoms with E-state index in [1.54, 1.807) is 14.0 Å². The summed E-state index contributed by atoms with van der Waals surface area (Å²) < 4.78 is 1.44. The molecule has 18 heavy (non-hydrogen) atoms. The fourth-order valence-electron chi connectivity index (χ4n) is 1.88. The minimum absolute atomic E-state index is 0.118. The molecule has 0 amide bonds. The van der Waals surface area contributed by atoms with E-state index in [0.29, 0.717) is 11.3 Å². The van der Waals surface area contributed by atoms with E-state index in [-0.39, 0.29) is 5.56 Å². The number of aromatic amines is 1. The Morgan fingerprint density at radius 1 is 1.33 bits per heavy atom. The minimum Gasteiger partial charge on any atom is -0.399 e. The highest BCUT2D eigenvalue weighted by Gasteiger charge is 2.16. The van der Waals surface area contributed by atoms with Gasteiger partial charge in [0.2, 0.25) is 0 Å². The van der Waals surface area contributed by atoms with Crippen molar-refractivity contribution in [3.05, 3.63) is 46.2 Å². The van der Waals surface area contributed by atoms with Crippen LogP contribution in [0.3, 0.4) is 0 Å². The molecule has 0 radical (unpaired) electrons. The Morgan fingerprint density at radius 2 is 2.00 bits per heavy atom. The maximum absolute atomic E-state index is 12.1. The van der Waals surface area contributed by atoms with E-state index in [9.17, 15) is 4.79 Å². The van der Waals surface area contributed by atoms with Crippen LogP contribution < -0.4 is 5.56 Å². The van der Waals surface area contributed by atoms with E-state index >= 15 is 0 Å². The lowest BCUT2D eigenvalue weighted by Gasteiger charge is -2.01. The molecule has 1 heterocycles. The molecule has 0 bridgehead atoms. The van der Waals surface area contributed by atoms with Crippen LogP contribution in [0, 0.1) is 0 Å². The lowest BCUT2D eigenvalue weighted by molar-refractivity contribution is 0.213. The standard InChI is InChI=1S/C13H15N3O2/c1-9(15-18-3)11-12(14-16(2)13(11)17)10-7-5-4-6-8-10/h4-8,14H,1-3H3. The van der Waals surface area contributed by atoms with Crippen LogP contribution in [-0.4, -0.2) is 22.6 Å². The Hall–Kier alpha value is -2.30. The number of benzene rings is 1. The van der Waals surface area contributed by atoms with Gasteiger partial charge in [-0.1, -0.05) is 35.5 Å². The van der Waals surface area contributed by atoms with Crippen LogP contribution in [0.5, 0.6) is 0 Å². The number of nitrogens with one attached hydrogen (secondary N) is 1. The van der Waals surface area contributed by atoms with Crippen molar-refractivity contribution in [2.75, 3.05) is 7.11 Å². The van der Waals surface area contributed by atoms with Crippen LogP contribution >= 0.6 is 0 Å². The van der Waals surface area contributed by atoms with Gasteiger partial charge in [0, 0.05) is 12.6 Å². The number of aryl methyl sites for hydroxylation is 1. The number of aromatic nitrogens is 2. The molecular weight excluding hydrogens is 230 g/mol. The number of H-pyrrole nitrogens is 1. The van der Waals surface area contributed by atoms with Crippen molar-refractivity contribution < 1.29 is 4.84 Å². The van der Waals surface area contributed by atoms with Crippen LogP contribution in [0.1, 0.15) is 12.5 Å². The Balaban J connectivity index is 2.66. The zero-order valence-corrected chi connectivity index (χ0v) is 10.6. The first-order chi connectivity index (χ1) is 8.65. The monoisotopic (exact) mass is 245 g/mol. The molecule has 1 N–H and O–H groups in total. The fraction of sp³-hybridized carbons (Fsp3) is 0.231. The summed E-state index contributed by atoms with van der Waals surface area (Å²) in [5.74, 6) is 0. The maximum Gasteiger partial charge on any atom is 0.276 e. The highest BCUT2D eigenvalue weighted by molar-refractivity contribution is 6.03. The van der Waals surface area contributed by atoms with Gasteiger partial charge in [-0.05, 0) is 6.92 Å². The molecule has 0 fully saturated rings. The summed E-state index contributed by atoms with van der Waals surface area (Å²) in [6, 6.07) is 9.66. The highest BCUT2D eigenvalue weighted by atomic mass is 16.6. The van der Waals surface area contributed by atoms with Crippen molar-refractivity contribution >= 4 is 5.71 Å². The predicted molar refractivity (Wildman–Crippen MR) is 70.7 cm³/mol. The van der Waals surface area contributed by atoms with Crippen LogP contribution in [0.2, 0.25) is 0 Å². The molecule has 2 aromatic rings. The first-order valence-corrected chi connectivity index (χ1v) is 5.57. The second-order valence-electron chi connectivity index (χ2n) is 3.95. The molecule has 5 heteroatoms. The number of rotatable bonds is 3. The summed E-state index contributed by atoms with van der Waals surface area (Å²) in [4.78, 5) is 16.8. The summed E-state index contributed by atoms with van der Waals surface area (Å²) in [6.07, 6.45) is 0. The second-order valence-corrected chi connectivity index (χ2v) is 3.95. The zero-order valence-electron chi connectivity index (χ0n) is 10.6. The van der Waals surface area contributed by atoms with Crippen LogP contribution in [0.4, 0.5) is 0 Å². The molecule has 2 rings (SSSR count). The molecule has 1 aromatic heterocycles. The molecule has 0 atom stereocenters. The lowest BCUT2D eigenvalue weighted by Crippen LogP contribution is -2.18. The predicted octanol–water partition coefficient (Wildman–Crippen LogP) is 1.75. The Bertz CT molecular complexity index is 623. The minimum atomic E-state index is -0.118. The van der Waals surface area contributed by atoms with Gasteiger partial charge in [-0.25, -0.2) is 0 Å². The second kappa shape index (κ2) is 4.91. The van der Waals surface area contributed by atoms with Gasteiger partial charge in [0.1, 0.15) is 7.11 Å². The van der Waals surface area contributed by atoms with E-state index in [1.807, 2.05) is 30.3 Å². The van der Waals surface area contributed by atoms with Crippen molar-refractivity contribution in [3.63, 3.8) is 0 Å². The van der Waals surface area contributed by atoms with Gasteiger partial charge in [0.25, 0.3) is 5.56 Å². The van der Waals surface area contributed by atoms with Gasteiger partial charge < -0.3 is 4.84 Å². The van der Waals surface area contributed by atoms with Crippen LogP contribution in [0.25, 0.3) is 11.3 Å². The molecule has 0 unspecified atom stereocenters. The van der Waals surface area contributed by atoms with Gasteiger partial charge in [-0.3, -0.25) is 14.6 Å². The SMILES string of the molecule is CON=C(C)c1c(-c2ccccc2)[nH]n(C)c1=O. The molecule has 1 aromatic carbocycles. The van der Waals surface area contributed by atoms with Gasteiger partial charge in [-0.2, -0.15) is 0 Å². The summed E-state index contributed by atoms with van der Waals surface area (Å²) in [5.41, 5.74) is 2.66. The Morgan fingerprint density at radius 3 is 2.61 bits per heavy atom. The summed E-state index contributed by atoms with van der Waals surface area (Å²) in [6.45, 7) is 1.75. The number of hydrogen-bond acceptors (Lipinski definition) is 3. The summed E-state index contributed by atoms with van der Waals surface area (Å²) in [7, 11) is 3.14. The Kier molecular flexibility index (Phi) is 3.32. The van der Waals surface area contributed by atoms with Crippen molar-refractivity contribution in [2.24, 2.45) is 12.2 Å². The summed E-state index contributed by atoms with van der Waals surface area (Å²) in [5, 5.41) is 6.87. The van der Waals surface area contributed by atoms with Gasteiger partial charge in [0.15, 0.2) is 0 Å². The van der Waals surface area contributed by atoms with Crippen LogP contribution in [-0.2, 0) is 11.9 Å². The third kappa shape index (κ3) is 2.07. The molecule has 0 saturated carbocycles. The smallest absolute Gasteiger partial charge is 0.276 e. The molecule has 0 spiro atoms. The van der Waals surface area contributed by atoms with Crippen molar-refractivity contribution in [3.8, 4) is 11.3 Å². The molecule has 94 valence electrons. The van der Waals surface area contributed by atoms with E-state index < -0.39 is 0 Å². The molecule has 0 aliphatic heterocycles. The van der Waals surface area contributed by atoms with Crippen LogP contribution in [0.15, 0.2) is 40.3 Å². The van der Waals surface area contributed by atoms with Crippen molar-refractivity contribution in [1.82, 2.24) is 9.78 Å². The number of hydrogen-bond donors (Lipinski definition) is 1. The highest BCUT2D eigenvalue weighted by Crippen LogP contribution is 2.19. The maximum atomic E-state index is 12.1. The van der Waals surface area contributed by atoms with Crippen molar-refractivity contribution in [2.45, 2.75) is 6.92 Å². The first kappa shape index (κ1) is 12.2. The topological polar surface area (TPSA) is 59.4 Å². The van der Waals surface area contributed by atoms with E-state index in [4.69, 9.17) is 4.84 Å². The molecule has 0 aliphatic carbocycles. The molecule has 5 nitrogen and oxygen atoms in total. The summed E-state index contributed by atoms with van der Waals surface area (Å²) >= 11 is 0. The normalized spacial score (nSPS) is 11.6. The van der Waals surface area contributed by atoms with Gasteiger partial charge >= 0.3 is 0 Å². The van der Waals surface area contributed by atoms with E-state index in [1.165, 1.54) is 11.8 Å². The first-order valence-electron chi connectivity index (χ1n) is 5.57. The third-order valence-corrected chi connectivity index (χ3v) is 2.70. The fourth-order valence-corrected chi connectivity index (χ4v) is 1.88. The third-order valence-electron chi connectivity index (χ3n) is 2.70. The number of nitrogens with zero attached hydrogens (tertiary/aromatic N) is 2. The lowest BCUT2D eigenvalue weighted by atomic mass is 10.1. The molecular formula is C13H15N3O2. The van der Waals surface area contributed by atoms with Gasteiger partial charge in [0.05, 0.1) is 17.0 Å². The zero-order chi connectivity index (χ0) is 13.1. The Labute approximate surface area is 105 Å².